The van der Waals surface area contributed by atoms with Crippen LogP contribution in [0.3, 0.4) is 0 Å². The van der Waals surface area contributed by atoms with E-state index in [0.717, 1.165) is 12.8 Å². The Morgan fingerprint density at radius 3 is 2.64 bits per heavy atom. The number of carboxylic acids is 1. The first-order chi connectivity index (χ1) is 6.74. The molecule has 4 nitrogen and oxygen atoms in total. The maximum absolute atomic E-state index is 10.7. The van der Waals surface area contributed by atoms with Gasteiger partial charge in [0.25, 0.3) is 0 Å². The number of carbonyl (C=O) groups is 1. The molecule has 1 fully saturated rings. The maximum Gasteiger partial charge on any atom is 0.323 e. The smallest absolute Gasteiger partial charge is 0.323 e. The predicted molar refractivity (Wildman–Crippen MR) is 53.3 cm³/mol. The molecule has 0 aromatic rings. The molecule has 0 amide bonds. The van der Waals surface area contributed by atoms with Gasteiger partial charge in [-0.25, -0.2) is 0 Å². The van der Waals surface area contributed by atoms with Gasteiger partial charge in [0, 0.05) is 0 Å². The molecule has 1 saturated carbocycles. The number of hydrogen-bond donors (Lipinski definition) is 2. The quantitative estimate of drug-likeness (QED) is 0.697. The van der Waals surface area contributed by atoms with Crippen molar-refractivity contribution in [1.29, 1.82) is 0 Å². The highest BCUT2D eigenvalue weighted by atomic mass is 16.5. The topological polar surface area (TPSA) is 58.6 Å². The van der Waals surface area contributed by atoms with E-state index in [0.29, 0.717) is 0 Å². The van der Waals surface area contributed by atoms with E-state index in [2.05, 4.69) is 5.32 Å². The largest absolute Gasteiger partial charge is 0.480 e. The van der Waals surface area contributed by atoms with Crippen molar-refractivity contribution in [2.75, 3.05) is 13.7 Å². The summed E-state index contributed by atoms with van der Waals surface area (Å²) < 4.78 is 5.55. The second-order valence-corrected chi connectivity index (χ2v) is 3.77. The molecule has 1 rings (SSSR count). The van der Waals surface area contributed by atoms with E-state index in [1.807, 2.05) is 0 Å². The molecule has 4 heteroatoms. The van der Waals surface area contributed by atoms with Crippen molar-refractivity contribution in [3.8, 4) is 0 Å². The molecule has 0 bridgehead atoms. The molecule has 82 valence electrons. The highest BCUT2D eigenvalue weighted by molar-refractivity contribution is 5.73. The van der Waals surface area contributed by atoms with Crippen LogP contribution in [0.1, 0.15) is 32.1 Å². The highest BCUT2D eigenvalue weighted by Crippen LogP contribution is 2.20. The van der Waals surface area contributed by atoms with Crippen LogP contribution in [0.5, 0.6) is 0 Å². The van der Waals surface area contributed by atoms with Gasteiger partial charge in [-0.2, -0.15) is 0 Å². The Labute approximate surface area is 84.6 Å². The zero-order chi connectivity index (χ0) is 10.4. The van der Waals surface area contributed by atoms with E-state index in [9.17, 15) is 4.79 Å². The predicted octanol–water partition coefficient (Wildman–Crippen LogP) is 1.01. The summed E-state index contributed by atoms with van der Waals surface area (Å²) in [5.41, 5.74) is 0. The van der Waals surface area contributed by atoms with Crippen molar-refractivity contribution in [2.45, 2.75) is 44.2 Å². The van der Waals surface area contributed by atoms with Gasteiger partial charge < -0.3 is 15.2 Å². The van der Waals surface area contributed by atoms with Crippen molar-refractivity contribution in [3.05, 3.63) is 0 Å². The summed E-state index contributed by atoms with van der Waals surface area (Å²) in [5, 5.41) is 11.5. The van der Waals surface area contributed by atoms with Crippen LogP contribution in [-0.2, 0) is 9.53 Å². The number of carboxylic acid groups (broad SMARTS) is 1. The first kappa shape index (κ1) is 11.5. The maximum atomic E-state index is 10.7. The van der Waals surface area contributed by atoms with E-state index in [1.165, 1.54) is 19.3 Å². The summed E-state index contributed by atoms with van der Waals surface area (Å²) in [5.74, 6) is -0.844. The van der Waals surface area contributed by atoms with Crippen LogP contribution in [0, 0.1) is 0 Å². The first-order valence-corrected chi connectivity index (χ1v) is 5.25. The number of rotatable bonds is 5. The first-order valence-electron chi connectivity index (χ1n) is 5.25. The minimum Gasteiger partial charge on any atom is -0.480 e. The second-order valence-electron chi connectivity index (χ2n) is 3.77. The molecule has 0 spiro atoms. The average Bonchev–Trinajstić information content (AvgIpc) is 2.20. The normalized spacial score (nSPS) is 20.6. The van der Waals surface area contributed by atoms with E-state index in [-0.39, 0.29) is 12.7 Å². The van der Waals surface area contributed by atoms with E-state index in [1.54, 1.807) is 7.05 Å². The van der Waals surface area contributed by atoms with Crippen LogP contribution in [0.25, 0.3) is 0 Å². The fourth-order valence-electron chi connectivity index (χ4n) is 1.74. The Kier molecular flexibility index (Phi) is 4.90. The lowest BCUT2D eigenvalue weighted by Gasteiger charge is -2.23. The van der Waals surface area contributed by atoms with Gasteiger partial charge in [-0.15, -0.1) is 0 Å². The van der Waals surface area contributed by atoms with Crippen molar-refractivity contribution < 1.29 is 14.6 Å². The van der Waals surface area contributed by atoms with Gasteiger partial charge in [0.1, 0.15) is 6.04 Å². The molecule has 0 aromatic heterocycles. The summed E-state index contributed by atoms with van der Waals surface area (Å²) >= 11 is 0. The molecule has 0 radical (unpaired) electrons. The minimum absolute atomic E-state index is 0.274. The van der Waals surface area contributed by atoms with Crippen molar-refractivity contribution in [1.82, 2.24) is 5.32 Å². The molecule has 0 saturated heterocycles. The molecular formula is C10H19NO3. The Hall–Kier alpha value is -0.610. The van der Waals surface area contributed by atoms with E-state index in [4.69, 9.17) is 9.84 Å². The summed E-state index contributed by atoms with van der Waals surface area (Å²) in [6.45, 7) is 0.274. The lowest BCUT2D eigenvalue weighted by atomic mass is 9.98. The van der Waals surface area contributed by atoms with Gasteiger partial charge in [-0.1, -0.05) is 19.3 Å². The van der Waals surface area contributed by atoms with Gasteiger partial charge in [-0.05, 0) is 19.9 Å². The van der Waals surface area contributed by atoms with Gasteiger partial charge in [0.05, 0.1) is 12.7 Å². The third-order valence-electron chi connectivity index (χ3n) is 2.70. The molecule has 0 aromatic carbocycles. The lowest BCUT2D eigenvalue weighted by Crippen LogP contribution is -2.39. The SMILES string of the molecule is CNC(COC1CCCCC1)C(=O)O. The molecule has 1 atom stereocenters. The fourth-order valence-corrected chi connectivity index (χ4v) is 1.74. The fraction of sp³-hybridized carbons (Fsp3) is 0.900. The molecular weight excluding hydrogens is 182 g/mol. The van der Waals surface area contributed by atoms with Crippen LogP contribution in [-0.4, -0.2) is 36.9 Å². The van der Waals surface area contributed by atoms with Crippen molar-refractivity contribution >= 4 is 5.97 Å². The number of hydrogen-bond acceptors (Lipinski definition) is 3. The van der Waals surface area contributed by atoms with Crippen LogP contribution >= 0.6 is 0 Å². The van der Waals surface area contributed by atoms with Crippen LogP contribution in [0.15, 0.2) is 0 Å². The Morgan fingerprint density at radius 2 is 2.14 bits per heavy atom. The number of ether oxygens (including phenoxy) is 1. The zero-order valence-corrected chi connectivity index (χ0v) is 8.66. The van der Waals surface area contributed by atoms with Crippen LogP contribution < -0.4 is 5.32 Å². The number of likely N-dealkylation sites (N-methyl/N-ethyl adjacent to an activating group) is 1. The van der Waals surface area contributed by atoms with Crippen molar-refractivity contribution in [2.24, 2.45) is 0 Å². The summed E-state index contributed by atoms with van der Waals surface area (Å²) in [4.78, 5) is 10.7. The second kappa shape index (κ2) is 5.98. The molecule has 1 aliphatic rings. The lowest BCUT2D eigenvalue weighted by molar-refractivity contribution is -0.141. The highest BCUT2D eigenvalue weighted by Gasteiger charge is 2.19. The monoisotopic (exact) mass is 201 g/mol. The van der Waals surface area contributed by atoms with Crippen molar-refractivity contribution in [3.63, 3.8) is 0 Å². The Balaban J connectivity index is 2.20. The van der Waals surface area contributed by atoms with Gasteiger partial charge in [0.2, 0.25) is 0 Å². The molecule has 0 heterocycles. The van der Waals surface area contributed by atoms with E-state index < -0.39 is 12.0 Å². The number of aliphatic carboxylic acids is 1. The molecule has 14 heavy (non-hydrogen) atoms. The molecule has 2 N–H and O–H groups in total. The zero-order valence-electron chi connectivity index (χ0n) is 8.66. The Morgan fingerprint density at radius 1 is 1.50 bits per heavy atom. The van der Waals surface area contributed by atoms with Crippen LogP contribution in [0.4, 0.5) is 0 Å². The van der Waals surface area contributed by atoms with E-state index >= 15 is 0 Å². The summed E-state index contributed by atoms with van der Waals surface area (Å²) in [6, 6.07) is -0.572. The number of nitrogens with one attached hydrogen (secondary N) is 1. The molecule has 1 unspecified atom stereocenters. The summed E-state index contributed by atoms with van der Waals surface area (Å²) in [6.07, 6.45) is 6.14. The minimum atomic E-state index is -0.844. The molecule has 1 aliphatic carbocycles. The van der Waals surface area contributed by atoms with Gasteiger partial charge >= 0.3 is 5.97 Å². The van der Waals surface area contributed by atoms with Crippen LogP contribution in [0.2, 0.25) is 0 Å². The Bertz CT molecular complexity index is 178. The average molecular weight is 201 g/mol. The summed E-state index contributed by atoms with van der Waals surface area (Å²) in [7, 11) is 1.64. The third kappa shape index (κ3) is 3.64. The standard InChI is InChI=1S/C10H19NO3/c1-11-9(10(12)13)7-14-8-5-3-2-4-6-8/h8-9,11H,2-7H2,1H3,(H,12,13). The molecule has 0 aliphatic heterocycles. The third-order valence-corrected chi connectivity index (χ3v) is 2.70. The van der Waals surface area contributed by atoms with Gasteiger partial charge in [-0.3, -0.25) is 4.79 Å². The van der Waals surface area contributed by atoms with Gasteiger partial charge in [0.15, 0.2) is 0 Å².